The fourth-order valence-corrected chi connectivity index (χ4v) is 10.2. The molecule has 4 rings (SSSR count). The predicted molar refractivity (Wildman–Crippen MR) is 103 cm³/mol. The highest BCUT2D eigenvalue weighted by atomic mass is 28.4. The first-order valence-electron chi connectivity index (χ1n) is 10.9. The standard InChI is InChI=1S/C20H38N2O2Si/c1-23-25(24-2,21-15-13-17-8-3-4-10-19(17)16-21)22-14-7-11-18-9-5-6-12-20(18)22/h17-20H,3-16H2,1-2H3. The van der Waals surface area contributed by atoms with E-state index in [2.05, 4.69) is 9.13 Å². The van der Waals surface area contributed by atoms with Crippen LogP contribution >= 0.6 is 0 Å². The summed E-state index contributed by atoms with van der Waals surface area (Å²) in [7, 11) is 1.39. The van der Waals surface area contributed by atoms with Crippen molar-refractivity contribution >= 4 is 8.88 Å². The fraction of sp³-hybridized carbons (Fsp3) is 1.00. The molecule has 4 nitrogen and oxygen atoms in total. The predicted octanol–water partition coefficient (Wildman–Crippen LogP) is 3.88. The zero-order valence-corrected chi connectivity index (χ0v) is 17.4. The summed E-state index contributed by atoms with van der Waals surface area (Å²) >= 11 is 0. The van der Waals surface area contributed by atoms with E-state index in [1.54, 1.807) is 0 Å². The Bertz CT molecular complexity index is 443. The fourth-order valence-electron chi connectivity index (χ4n) is 6.59. The first-order chi connectivity index (χ1) is 12.3. The number of nitrogens with zero attached hydrogens (tertiary/aromatic N) is 2. The molecule has 2 aliphatic heterocycles. The van der Waals surface area contributed by atoms with Gasteiger partial charge >= 0.3 is 8.88 Å². The molecule has 25 heavy (non-hydrogen) atoms. The molecule has 144 valence electrons. The van der Waals surface area contributed by atoms with Crippen LogP contribution in [0.4, 0.5) is 0 Å². The van der Waals surface area contributed by atoms with Gasteiger partial charge in [0, 0.05) is 20.3 Å². The molecule has 4 atom stereocenters. The van der Waals surface area contributed by atoms with Crippen LogP contribution in [0.2, 0.25) is 0 Å². The Kier molecular flexibility index (Phi) is 5.87. The Morgan fingerprint density at radius 2 is 1.32 bits per heavy atom. The van der Waals surface area contributed by atoms with E-state index in [0.29, 0.717) is 6.04 Å². The summed E-state index contributed by atoms with van der Waals surface area (Å²) in [6, 6.07) is 0.707. The van der Waals surface area contributed by atoms with E-state index in [-0.39, 0.29) is 0 Å². The summed E-state index contributed by atoms with van der Waals surface area (Å²) < 4.78 is 18.2. The Morgan fingerprint density at radius 1 is 0.680 bits per heavy atom. The molecule has 4 aliphatic rings. The van der Waals surface area contributed by atoms with Gasteiger partial charge in [0.15, 0.2) is 0 Å². The van der Waals surface area contributed by atoms with Crippen molar-refractivity contribution in [3.63, 3.8) is 0 Å². The van der Waals surface area contributed by atoms with Gasteiger partial charge < -0.3 is 8.85 Å². The van der Waals surface area contributed by atoms with Gasteiger partial charge in [-0.2, -0.15) is 0 Å². The minimum atomic E-state index is -2.46. The van der Waals surface area contributed by atoms with Gasteiger partial charge in [-0.15, -0.1) is 0 Å². The Balaban J connectivity index is 1.56. The summed E-state index contributed by atoms with van der Waals surface area (Å²) in [6.07, 6.45) is 15.5. The average molecular weight is 367 g/mol. The SMILES string of the molecule is CO[Si](OC)(N1CCC2CCCCC2C1)N1CCCC2CCCCC21. The minimum Gasteiger partial charge on any atom is -0.374 e. The number of piperidine rings is 2. The van der Waals surface area contributed by atoms with Crippen molar-refractivity contribution in [2.24, 2.45) is 17.8 Å². The largest absolute Gasteiger partial charge is 0.522 e. The molecule has 2 aliphatic carbocycles. The molecule has 0 aromatic heterocycles. The third kappa shape index (κ3) is 3.36. The van der Waals surface area contributed by atoms with E-state index >= 15 is 0 Å². The van der Waals surface area contributed by atoms with Gasteiger partial charge in [0.25, 0.3) is 0 Å². The van der Waals surface area contributed by atoms with Gasteiger partial charge in [-0.05, 0) is 75.9 Å². The molecule has 2 heterocycles. The van der Waals surface area contributed by atoms with Crippen LogP contribution in [0, 0.1) is 17.8 Å². The van der Waals surface area contributed by atoms with Crippen molar-refractivity contribution in [1.29, 1.82) is 0 Å². The maximum atomic E-state index is 6.36. The van der Waals surface area contributed by atoms with Crippen LogP contribution in [0.1, 0.15) is 70.6 Å². The van der Waals surface area contributed by atoms with Gasteiger partial charge in [-0.25, -0.2) is 0 Å². The summed E-state index contributed by atoms with van der Waals surface area (Å²) in [4.78, 5) is 0. The van der Waals surface area contributed by atoms with Gasteiger partial charge in [0.1, 0.15) is 0 Å². The highest BCUT2D eigenvalue weighted by Gasteiger charge is 2.56. The van der Waals surface area contributed by atoms with Crippen LogP contribution in [0.5, 0.6) is 0 Å². The van der Waals surface area contributed by atoms with E-state index < -0.39 is 8.88 Å². The number of hydrogen-bond acceptors (Lipinski definition) is 4. The highest BCUT2D eigenvalue weighted by Crippen LogP contribution is 2.42. The molecule has 2 saturated heterocycles. The molecule has 0 radical (unpaired) electrons. The molecule has 2 saturated carbocycles. The Morgan fingerprint density at radius 3 is 2.08 bits per heavy atom. The van der Waals surface area contributed by atoms with Crippen molar-refractivity contribution < 1.29 is 8.85 Å². The second-order valence-electron chi connectivity index (χ2n) is 8.94. The quantitative estimate of drug-likeness (QED) is 0.705. The van der Waals surface area contributed by atoms with E-state index in [1.807, 2.05) is 14.2 Å². The third-order valence-corrected chi connectivity index (χ3v) is 11.4. The molecule has 4 unspecified atom stereocenters. The maximum Gasteiger partial charge on any atom is 0.522 e. The van der Waals surface area contributed by atoms with Crippen LogP contribution in [0.25, 0.3) is 0 Å². The molecule has 5 heteroatoms. The van der Waals surface area contributed by atoms with Crippen LogP contribution in [-0.4, -0.2) is 57.9 Å². The van der Waals surface area contributed by atoms with Gasteiger partial charge in [-0.3, -0.25) is 9.13 Å². The van der Waals surface area contributed by atoms with Crippen LogP contribution < -0.4 is 0 Å². The first kappa shape index (κ1) is 18.4. The van der Waals surface area contributed by atoms with E-state index in [0.717, 1.165) is 17.8 Å². The van der Waals surface area contributed by atoms with Gasteiger partial charge in [-0.1, -0.05) is 32.1 Å². The topological polar surface area (TPSA) is 24.9 Å². The maximum absolute atomic E-state index is 6.36. The molecule has 4 fully saturated rings. The van der Waals surface area contributed by atoms with E-state index in [9.17, 15) is 0 Å². The van der Waals surface area contributed by atoms with Crippen LogP contribution in [0.3, 0.4) is 0 Å². The zero-order chi connectivity index (χ0) is 17.3. The monoisotopic (exact) mass is 366 g/mol. The normalized spacial score (nSPS) is 38.2. The lowest BCUT2D eigenvalue weighted by Crippen LogP contribution is -2.74. The molecule has 0 N–H and O–H groups in total. The summed E-state index contributed by atoms with van der Waals surface area (Å²) in [5.74, 6) is 2.73. The molecule has 0 spiro atoms. The van der Waals surface area contributed by atoms with Gasteiger partial charge in [0.2, 0.25) is 0 Å². The number of hydrogen-bond donors (Lipinski definition) is 0. The Labute approximate surface area is 155 Å². The van der Waals surface area contributed by atoms with Crippen molar-refractivity contribution in [1.82, 2.24) is 9.13 Å². The lowest BCUT2D eigenvalue weighted by atomic mass is 9.76. The third-order valence-electron chi connectivity index (χ3n) is 7.83. The zero-order valence-electron chi connectivity index (χ0n) is 16.4. The molecule has 0 bridgehead atoms. The van der Waals surface area contributed by atoms with Crippen LogP contribution in [0.15, 0.2) is 0 Å². The molecular formula is C20H38N2O2Si. The second kappa shape index (κ2) is 7.97. The van der Waals surface area contributed by atoms with Crippen LogP contribution in [-0.2, 0) is 8.85 Å². The highest BCUT2D eigenvalue weighted by molar-refractivity contribution is 6.61. The molecular weight excluding hydrogens is 328 g/mol. The average Bonchev–Trinajstić information content (AvgIpc) is 2.69. The van der Waals surface area contributed by atoms with E-state index in [4.69, 9.17) is 8.85 Å². The molecule has 0 aromatic carbocycles. The van der Waals surface area contributed by atoms with Gasteiger partial charge in [0.05, 0.1) is 0 Å². The van der Waals surface area contributed by atoms with Crippen molar-refractivity contribution in [2.45, 2.75) is 76.7 Å². The summed E-state index contributed by atoms with van der Waals surface area (Å²) in [6.45, 7) is 3.58. The van der Waals surface area contributed by atoms with Crippen molar-refractivity contribution in [3.05, 3.63) is 0 Å². The first-order valence-corrected chi connectivity index (χ1v) is 12.6. The minimum absolute atomic E-state index is 0.707. The van der Waals surface area contributed by atoms with Crippen molar-refractivity contribution in [2.75, 3.05) is 33.9 Å². The number of fused-ring (bicyclic) bond motifs is 2. The second-order valence-corrected chi connectivity index (χ2v) is 12.1. The molecule has 0 amide bonds. The molecule has 0 aromatic rings. The number of rotatable bonds is 4. The lowest BCUT2D eigenvalue weighted by Gasteiger charge is -2.55. The Hall–Kier alpha value is 0.0569. The van der Waals surface area contributed by atoms with Crippen molar-refractivity contribution in [3.8, 4) is 0 Å². The summed E-state index contributed by atoms with van der Waals surface area (Å²) in [5.41, 5.74) is 0. The summed E-state index contributed by atoms with van der Waals surface area (Å²) in [5, 5.41) is 0. The smallest absolute Gasteiger partial charge is 0.374 e. The van der Waals surface area contributed by atoms with E-state index in [1.165, 1.54) is 90.3 Å². The lowest BCUT2D eigenvalue weighted by molar-refractivity contribution is 0.00520.